The number of carboxylic acids is 1. The van der Waals surface area contributed by atoms with Crippen molar-refractivity contribution in [3.8, 4) is 0 Å². The summed E-state index contributed by atoms with van der Waals surface area (Å²) in [4.78, 5) is 23.2. The van der Waals surface area contributed by atoms with Crippen LogP contribution in [0.2, 0.25) is 0 Å². The molecule has 0 spiro atoms. The fourth-order valence-electron chi connectivity index (χ4n) is 3.16. The molecule has 3 N–H and O–H groups in total. The zero-order chi connectivity index (χ0) is 22.8. The van der Waals surface area contributed by atoms with E-state index in [1.54, 1.807) is 0 Å². The number of nitrogens with zero attached hydrogens (tertiary/aromatic N) is 1. The minimum absolute atomic E-state index is 0.106. The van der Waals surface area contributed by atoms with Gasteiger partial charge in [0.2, 0.25) is 10.0 Å². The van der Waals surface area contributed by atoms with Crippen molar-refractivity contribution in [1.82, 2.24) is 4.31 Å². The third-order valence-corrected chi connectivity index (χ3v) is 6.60. The van der Waals surface area contributed by atoms with Gasteiger partial charge in [-0.15, -0.1) is 0 Å². The number of sulfonamides is 1. The van der Waals surface area contributed by atoms with Crippen molar-refractivity contribution in [2.24, 2.45) is 0 Å². The van der Waals surface area contributed by atoms with E-state index >= 15 is 0 Å². The predicted molar refractivity (Wildman–Crippen MR) is 105 cm³/mol. The van der Waals surface area contributed by atoms with Gasteiger partial charge in [0.05, 0.1) is 10.5 Å². The Balaban J connectivity index is 1.65. The van der Waals surface area contributed by atoms with E-state index in [0.29, 0.717) is 6.42 Å². The molecule has 0 bridgehead atoms. The Bertz CT molecular complexity index is 1070. The highest BCUT2D eigenvalue weighted by Gasteiger charge is 2.39. The van der Waals surface area contributed by atoms with Gasteiger partial charge in [-0.1, -0.05) is 0 Å². The van der Waals surface area contributed by atoms with Gasteiger partial charge in [-0.05, 0) is 61.4 Å². The Morgan fingerprint density at radius 1 is 0.968 bits per heavy atom. The van der Waals surface area contributed by atoms with E-state index in [-0.39, 0.29) is 29.2 Å². The highest BCUT2D eigenvalue weighted by Crippen LogP contribution is 2.30. The molecular formula is C19H18F3N3O5S. The molecule has 1 fully saturated rings. The molecule has 1 heterocycles. The van der Waals surface area contributed by atoms with Crippen molar-refractivity contribution in [2.75, 3.05) is 17.2 Å². The van der Waals surface area contributed by atoms with Crippen molar-refractivity contribution < 1.29 is 36.3 Å². The van der Waals surface area contributed by atoms with Crippen LogP contribution in [0.5, 0.6) is 0 Å². The minimum atomic E-state index is -4.48. The molecule has 1 aliphatic rings. The van der Waals surface area contributed by atoms with Gasteiger partial charge in [-0.25, -0.2) is 13.2 Å². The van der Waals surface area contributed by atoms with Gasteiger partial charge in [0.15, 0.2) is 0 Å². The number of carboxylic acid groups (broad SMARTS) is 1. The molecular weight excluding hydrogens is 439 g/mol. The normalized spacial score (nSPS) is 17.3. The van der Waals surface area contributed by atoms with Crippen molar-refractivity contribution in [1.29, 1.82) is 0 Å². The lowest BCUT2D eigenvalue weighted by Gasteiger charge is -2.21. The summed E-state index contributed by atoms with van der Waals surface area (Å²) in [6.07, 6.45) is -3.80. The molecule has 2 amide bonds. The number of anilines is 2. The summed E-state index contributed by atoms with van der Waals surface area (Å²) in [7, 11) is -4.01. The fraction of sp³-hybridized carbons (Fsp3) is 0.263. The smallest absolute Gasteiger partial charge is 0.416 e. The summed E-state index contributed by atoms with van der Waals surface area (Å²) in [5.74, 6) is -1.21. The molecule has 166 valence electrons. The van der Waals surface area contributed by atoms with Crippen LogP contribution in [-0.4, -0.2) is 42.4 Å². The molecule has 12 heteroatoms. The van der Waals surface area contributed by atoms with Crippen LogP contribution in [0.15, 0.2) is 53.4 Å². The topological polar surface area (TPSA) is 116 Å². The van der Waals surface area contributed by atoms with E-state index in [0.717, 1.165) is 28.6 Å². The van der Waals surface area contributed by atoms with E-state index in [2.05, 4.69) is 10.6 Å². The highest BCUT2D eigenvalue weighted by molar-refractivity contribution is 7.89. The molecule has 8 nitrogen and oxygen atoms in total. The van der Waals surface area contributed by atoms with Gasteiger partial charge >= 0.3 is 18.2 Å². The first-order valence-corrected chi connectivity index (χ1v) is 10.5. The van der Waals surface area contributed by atoms with Gasteiger partial charge in [0, 0.05) is 17.9 Å². The number of amides is 2. The van der Waals surface area contributed by atoms with Crippen molar-refractivity contribution in [2.45, 2.75) is 30.0 Å². The zero-order valence-electron chi connectivity index (χ0n) is 15.9. The summed E-state index contributed by atoms with van der Waals surface area (Å²) < 4.78 is 64.1. The quantitative estimate of drug-likeness (QED) is 0.635. The Morgan fingerprint density at radius 3 is 1.97 bits per heavy atom. The van der Waals surface area contributed by atoms with Crippen molar-refractivity contribution in [3.05, 3.63) is 54.1 Å². The Hall–Kier alpha value is -3.12. The zero-order valence-corrected chi connectivity index (χ0v) is 16.7. The predicted octanol–water partition coefficient (Wildman–Crippen LogP) is 3.59. The number of nitrogens with one attached hydrogen (secondary N) is 2. The van der Waals surface area contributed by atoms with E-state index in [1.165, 1.54) is 24.3 Å². The molecule has 3 rings (SSSR count). The van der Waals surface area contributed by atoms with Crippen LogP contribution in [-0.2, 0) is 21.0 Å². The van der Waals surface area contributed by atoms with Crippen LogP contribution >= 0.6 is 0 Å². The van der Waals surface area contributed by atoms with Crippen LogP contribution < -0.4 is 10.6 Å². The monoisotopic (exact) mass is 457 g/mol. The lowest BCUT2D eigenvalue weighted by molar-refractivity contribution is -0.140. The number of alkyl halides is 3. The molecule has 0 aromatic heterocycles. The average Bonchev–Trinajstić information content (AvgIpc) is 3.19. The van der Waals surface area contributed by atoms with Crippen molar-refractivity contribution in [3.63, 3.8) is 0 Å². The van der Waals surface area contributed by atoms with Gasteiger partial charge in [-0.3, -0.25) is 4.79 Å². The first-order valence-electron chi connectivity index (χ1n) is 9.08. The third-order valence-electron chi connectivity index (χ3n) is 4.68. The van der Waals surface area contributed by atoms with Gasteiger partial charge in [-0.2, -0.15) is 17.5 Å². The molecule has 1 aliphatic heterocycles. The molecule has 1 saturated heterocycles. The van der Waals surface area contributed by atoms with Gasteiger partial charge < -0.3 is 15.7 Å². The second kappa shape index (κ2) is 8.55. The summed E-state index contributed by atoms with van der Waals surface area (Å²) in [6.45, 7) is 0.106. The number of benzene rings is 2. The van der Waals surface area contributed by atoms with E-state index in [4.69, 9.17) is 0 Å². The molecule has 1 atom stereocenters. The highest BCUT2D eigenvalue weighted by atomic mass is 32.2. The molecule has 0 saturated carbocycles. The van der Waals surface area contributed by atoms with Crippen LogP contribution in [0.1, 0.15) is 18.4 Å². The maximum atomic E-state index is 12.7. The number of carbonyl (C=O) groups excluding carboxylic acids is 1. The standard InChI is InChI=1S/C19H18F3N3O5S/c20-19(21,22)12-3-5-13(6-4-12)23-18(28)24-14-7-9-15(10-8-14)31(29,30)25-11-1-2-16(25)17(26)27/h3-10,16H,1-2,11H2,(H,26,27)(H2,23,24,28)/t16-/m1/s1. The molecule has 0 radical (unpaired) electrons. The Kier molecular flexibility index (Phi) is 6.23. The van der Waals surface area contributed by atoms with Crippen LogP contribution in [0, 0.1) is 0 Å². The molecule has 2 aromatic carbocycles. The van der Waals surface area contributed by atoms with Gasteiger partial charge in [0.1, 0.15) is 6.04 Å². The first kappa shape index (κ1) is 22.6. The summed E-state index contributed by atoms with van der Waals surface area (Å²) >= 11 is 0. The fourth-order valence-corrected chi connectivity index (χ4v) is 4.81. The maximum Gasteiger partial charge on any atom is 0.416 e. The van der Waals surface area contributed by atoms with E-state index < -0.39 is 39.8 Å². The summed E-state index contributed by atoms with van der Waals surface area (Å²) in [5.41, 5.74) is -0.476. The Morgan fingerprint density at radius 2 is 1.48 bits per heavy atom. The van der Waals surface area contributed by atoms with Gasteiger partial charge in [0.25, 0.3) is 0 Å². The van der Waals surface area contributed by atoms with E-state index in [1.807, 2.05) is 0 Å². The third kappa shape index (κ3) is 5.14. The maximum absolute atomic E-state index is 12.7. The molecule has 31 heavy (non-hydrogen) atoms. The van der Waals surface area contributed by atoms with E-state index in [9.17, 15) is 36.3 Å². The van der Waals surface area contributed by atoms with Crippen molar-refractivity contribution >= 4 is 33.4 Å². The number of halogens is 3. The number of carbonyl (C=O) groups is 2. The number of hydrogen-bond acceptors (Lipinski definition) is 4. The largest absolute Gasteiger partial charge is 0.480 e. The summed E-state index contributed by atoms with van der Waals surface area (Å²) in [6, 6.07) is 7.14. The SMILES string of the molecule is O=C(Nc1ccc(C(F)(F)F)cc1)Nc1ccc(S(=O)(=O)N2CCC[C@@H]2C(=O)O)cc1. The lowest BCUT2D eigenvalue weighted by atomic mass is 10.2. The second-order valence-electron chi connectivity index (χ2n) is 6.79. The Labute approximate surface area is 175 Å². The lowest BCUT2D eigenvalue weighted by Crippen LogP contribution is -2.40. The summed E-state index contributed by atoms with van der Waals surface area (Å²) in [5, 5.41) is 14.0. The number of rotatable bonds is 5. The number of urea groups is 1. The van der Waals surface area contributed by atoms with Crippen LogP contribution in [0.25, 0.3) is 0 Å². The van der Waals surface area contributed by atoms with Crippen LogP contribution in [0.3, 0.4) is 0 Å². The minimum Gasteiger partial charge on any atom is -0.480 e. The molecule has 0 unspecified atom stereocenters. The molecule has 2 aromatic rings. The van der Waals surface area contributed by atoms with Crippen LogP contribution in [0.4, 0.5) is 29.3 Å². The first-order chi connectivity index (χ1) is 14.5. The second-order valence-corrected chi connectivity index (χ2v) is 8.68. The molecule has 0 aliphatic carbocycles. The number of aliphatic carboxylic acids is 1. The number of hydrogen-bond donors (Lipinski definition) is 3. The average molecular weight is 457 g/mol.